The average Bonchev–Trinajstić information content (AvgIpc) is 2.65. The molecular formula is C11H9ClO2S. The lowest BCUT2D eigenvalue weighted by Gasteiger charge is -2.18. The topological polar surface area (TPSA) is 26.3 Å². The SMILES string of the molecule is O=C1CSCc2c3c(cc(Cl)c21)CCO3. The van der Waals surface area contributed by atoms with E-state index in [1.54, 1.807) is 11.8 Å². The van der Waals surface area contributed by atoms with E-state index in [1.165, 1.54) is 0 Å². The van der Waals surface area contributed by atoms with Crippen molar-refractivity contribution in [2.45, 2.75) is 12.2 Å². The van der Waals surface area contributed by atoms with Crippen molar-refractivity contribution >= 4 is 29.1 Å². The number of carbonyl (C=O) groups excluding carboxylic acids is 1. The summed E-state index contributed by atoms with van der Waals surface area (Å²) in [5.74, 6) is 2.41. The van der Waals surface area contributed by atoms with Gasteiger partial charge in [-0.15, -0.1) is 11.8 Å². The van der Waals surface area contributed by atoms with Gasteiger partial charge in [0, 0.05) is 23.3 Å². The molecule has 15 heavy (non-hydrogen) atoms. The van der Waals surface area contributed by atoms with E-state index < -0.39 is 0 Å². The molecule has 0 radical (unpaired) electrons. The molecule has 1 aromatic carbocycles. The second-order valence-corrected chi connectivity index (χ2v) is 5.11. The summed E-state index contributed by atoms with van der Waals surface area (Å²) >= 11 is 7.77. The molecule has 2 aliphatic heterocycles. The molecule has 2 aliphatic rings. The minimum atomic E-state index is 0.129. The highest BCUT2D eigenvalue weighted by molar-refractivity contribution is 7.99. The van der Waals surface area contributed by atoms with Crippen LogP contribution in [0.5, 0.6) is 5.75 Å². The van der Waals surface area contributed by atoms with Gasteiger partial charge in [-0.3, -0.25) is 4.79 Å². The van der Waals surface area contributed by atoms with Crippen LogP contribution < -0.4 is 4.74 Å². The summed E-state index contributed by atoms with van der Waals surface area (Å²) in [6, 6.07) is 1.89. The van der Waals surface area contributed by atoms with Crippen molar-refractivity contribution in [3.63, 3.8) is 0 Å². The molecule has 0 aliphatic carbocycles. The number of carbonyl (C=O) groups is 1. The van der Waals surface area contributed by atoms with Crippen LogP contribution in [0.15, 0.2) is 6.07 Å². The summed E-state index contributed by atoms with van der Waals surface area (Å²) in [6.45, 7) is 0.709. The first-order chi connectivity index (χ1) is 7.27. The molecule has 2 heterocycles. The van der Waals surface area contributed by atoms with Gasteiger partial charge in [-0.2, -0.15) is 0 Å². The van der Waals surface area contributed by atoms with Crippen molar-refractivity contribution in [2.75, 3.05) is 12.4 Å². The van der Waals surface area contributed by atoms with Crippen LogP contribution in [0.2, 0.25) is 5.02 Å². The van der Waals surface area contributed by atoms with E-state index in [0.717, 1.165) is 29.1 Å². The monoisotopic (exact) mass is 240 g/mol. The first-order valence-electron chi connectivity index (χ1n) is 4.85. The Morgan fingerprint density at radius 3 is 3.13 bits per heavy atom. The van der Waals surface area contributed by atoms with Gasteiger partial charge >= 0.3 is 0 Å². The third-order valence-electron chi connectivity index (χ3n) is 2.78. The molecule has 0 bridgehead atoms. The first kappa shape index (κ1) is 9.55. The molecule has 78 valence electrons. The largest absolute Gasteiger partial charge is 0.493 e. The number of Topliss-reactive ketones (excluding diaryl/α,β-unsaturated/α-hetero) is 1. The van der Waals surface area contributed by atoms with Crippen molar-refractivity contribution in [2.24, 2.45) is 0 Å². The summed E-state index contributed by atoms with van der Waals surface area (Å²) in [6.07, 6.45) is 0.904. The highest BCUT2D eigenvalue weighted by atomic mass is 35.5. The van der Waals surface area contributed by atoms with E-state index in [9.17, 15) is 4.79 Å². The zero-order valence-electron chi connectivity index (χ0n) is 8.01. The Labute approximate surface area is 96.9 Å². The predicted octanol–water partition coefficient (Wildman–Crippen LogP) is 2.70. The number of hydrogen-bond acceptors (Lipinski definition) is 3. The minimum Gasteiger partial charge on any atom is -0.493 e. The summed E-state index contributed by atoms with van der Waals surface area (Å²) in [5.41, 5.74) is 2.85. The third kappa shape index (κ3) is 1.37. The van der Waals surface area contributed by atoms with Gasteiger partial charge in [-0.05, 0) is 11.6 Å². The summed E-state index contributed by atoms with van der Waals surface area (Å²) in [7, 11) is 0. The number of hydrogen-bond donors (Lipinski definition) is 0. The lowest BCUT2D eigenvalue weighted by molar-refractivity contribution is 0.102. The van der Waals surface area contributed by atoms with Crippen LogP contribution in [0.3, 0.4) is 0 Å². The third-order valence-corrected chi connectivity index (χ3v) is 4.04. The molecule has 0 saturated heterocycles. The lowest BCUT2D eigenvalue weighted by atomic mass is 10.00. The van der Waals surface area contributed by atoms with E-state index in [4.69, 9.17) is 16.3 Å². The van der Waals surface area contributed by atoms with Crippen LogP contribution in [0.25, 0.3) is 0 Å². The quantitative estimate of drug-likeness (QED) is 0.698. The molecule has 3 rings (SSSR count). The van der Waals surface area contributed by atoms with Crippen LogP contribution >= 0.6 is 23.4 Å². The number of fused-ring (bicyclic) bond motifs is 3. The van der Waals surface area contributed by atoms with Gasteiger partial charge in [0.2, 0.25) is 0 Å². The Kier molecular flexibility index (Phi) is 2.18. The summed E-state index contributed by atoms with van der Waals surface area (Å²) in [4.78, 5) is 11.7. The molecule has 0 spiro atoms. The molecule has 0 atom stereocenters. The standard InChI is InChI=1S/C11H9ClO2S/c12-8-3-6-1-2-14-11(6)7-4-15-5-9(13)10(7)8/h3H,1-2,4-5H2. The number of ether oxygens (including phenoxy) is 1. The van der Waals surface area contributed by atoms with E-state index in [-0.39, 0.29) is 5.78 Å². The Hall–Kier alpha value is -0.670. The number of rotatable bonds is 0. The fourth-order valence-corrected chi connectivity index (χ4v) is 3.39. The van der Waals surface area contributed by atoms with Gasteiger partial charge in [0.25, 0.3) is 0 Å². The normalized spacial score (nSPS) is 18.3. The van der Waals surface area contributed by atoms with E-state index in [1.807, 2.05) is 6.07 Å². The molecule has 1 aromatic rings. The summed E-state index contributed by atoms with van der Waals surface area (Å²) < 4.78 is 5.58. The molecule has 0 saturated carbocycles. The number of halogens is 1. The van der Waals surface area contributed by atoms with Gasteiger partial charge in [-0.25, -0.2) is 0 Å². The average molecular weight is 241 g/mol. The molecule has 0 aromatic heterocycles. The molecule has 2 nitrogen and oxygen atoms in total. The Morgan fingerprint density at radius 2 is 2.27 bits per heavy atom. The van der Waals surface area contributed by atoms with Crippen LogP contribution in [-0.2, 0) is 12.2 Å². The van der Waals surface area contributed by atoms with Crippen LogP contribution in [0.1, 0.15) is 21.5 Å². The van der Waals surface area contributed by atoms with Gasteiger partial charge in [0.1, 0.15) is 5.75 Å². The van der Waals surface area contributed by atoms with Gasteiger partial charge in [-0.1, -0.05) is 11.6 Å². The smallest absolute Gasteiger partial charge is 0.174 e. The van der Waals surface area contributed by atoms with Crippen molar-refractivity contribution in [3.8, 4) is 5.75 Å². The zero-order valence-corrected chi connectivity index (χ0v) is 9.58. The van der Waals surface area contributed by atoms with Gasteiger partial charge < -0.3 is 4.74 Å². The highest BCUT2D eigenvalue weighted by Crippen LogP contribution is 2.41. The Morgan fingerprint density at radius 1 is 1.40 bits per heavy atom. The fraction of sp³-hybridized carbons (Fsp3) is 0.364. The number of benzene rings is 1. The lowest BCUT2D eigenvalue weighted by Crippen LogP contribution is -2.13. The second-order valence-electron chi connectivity index (χ2n) is 3.71. The van der Waals surface area contributed by atoms with Crippen LogP contribution in [0, 0.1) is 0 Å². The molecule has 0 N–H and O–H groups in total. The zero-order chi connectivity index (χ0) is 10.4. The molecule has 4 heteroatoms. The van der Waals surface area contributed by atoms with E-state index >= 15 is 0 Å². The van der Waals surface area contributed by atoms with Gasteiger partial charge in [0.05, 0.1) is 17.4 Å². The van der Waals surface area contributed by atoms with Crippen LogP contribution in [0.4, 0.5) is 0 Å². The molecule has 0 unspecified atom stereocenters. The maximum absolute atomic E-state index is 11.7. The first-order valence-corrected chi connectivity index (χ1v) is 6.38. The number of ketones is 1. The van der Waals surface area contributed by atoms with Crippen molar-refractivity contribution < 1.29 is 9.53 Å². The predicted molar refractivity (Wildman–Crippen MR) is 61.1 cm³/mol. The minimum absolute atomic E-state index is 0.129. The Bertz CT molecular complexity index is 456. The van der Waals surface area contributed by atoms with Crippen molar-refractivity contribution in [1.82, 2.24) is 0 Å². The van der Waals surface area contributed by atoms with Crippen LogP contribution in [-0.4, -0.2) is 18.1 Å². The molecular weight excluding hydrogens is 232 g/mol. The van der Waals surface area contributed by atoms with Crippen molar-refractivity contribution in [3.05, 3.63) is 27.8 Å². The Balaban J connectivity index is 2.28. The van der Waals surface area contributed by atoms with E-state index in [0.29, 0.717) is 22.9 Å². The maximum atomic E-state index is 11.7. The molecule has 0 amide bonds. The van der Waals surface area contributed by atoms with E-state index in [2.05, 4.69) is 0 Å². The second kappa shape index (κ2) is 3.42. The fourth-order valence-electron chi connectivity index (χ4n) is 2.13. The van der Waals surface area contributed by atoms with Gasteiger partial charge in [0.15, 0.2) is 5.78 Å². The number of thioether (sulfide) groups is 1. The van der Waals surface area contributed by atoms with Crippen molar-refractivity contribution in [1.29, 1.82) is 0 Å². The highest BCUT2D eigenvalue weighted by Gasteiger charge is 2.28. The summed E-state index contributed by atoms with van der Waals surface area (Å²) in [5, 5.41) is 0.597. The maximum Gasteiger partial charge on any atom is 0.174 e. The molecule has 0 fully saturated rings.